The predicted molar refractivity (Wildman–Crippen MR) is 78.4 cm³/mol. The van der Waals surface area contributed by atoms with E-state index < -0.39 is 11.5 Å². The number of hydrogen-bond acceptors (Lipinski definition) is 4. The Morgan fingerprint density at radius 1 is 1.05 bits per heavy atom. The number of carboxylic acids is 1. The first kappa shape index (κ1) is 14.7. The van der Waals surface area contributed by atoms with Gasteiger partial charge in [-0.15, -0.1) is 0 Å². The lowest BCUT2D eigenvalue weighted by Crippen LogP contribution is -2.52. The summed E-state index contributed by atoms with van der Waals surface area (Å²) in [6, 6.07) is 4.94. The summed E-state index contributed by atoms with van der Waals surface area (Å²) in [6.07, 6.45) is 3.36. The third-order valence-corrected chi connectivity index (χ3v) is 4.23. The molecule has 3 rings (SSSR count). The van der Waals surface area contributed by atoms with Crippen LogP contribution in [0.2, 0.25) is 0 Å². The van der Waals surface area contributed by atoms with Gasteiger partial charge in [-0.05, 0) is 31.0 Å². The molecule has 1 aromatic carbocycles. The van der Waals surface area contributed by atoms with E-state index in [1.165, 1.54) is 0 Å². The molecule has 22 heavy (non-hydrogen) atoms. The lowest BCUT2D eigenvalue weighted by molar-refractivity contribution is -0.144. The van der Waals surface area contributed by atoms with Crippen LogP contribution in [0.1, 0.15) is 42.5 Å². The Balaban J connectivity index is 1.80. The van der Waals surface area contributed by atoms with E-state index in [4.69, 9.17) is 9.47 Å². The molecule has 0 unspecified atom stereocenters. The van der Waals surface area contributed by atoms with Gasteiger partial charge in [0.2, 0.25) is 0 Å². The van der Waals surface area contributed by atoms with Crippen LogP contribution in [0.3, 0.4) is 0 Å². The number of carbonyl (C=O) groups excluding carboxylic acids is 1. The van der Waals surface area contributed by atoms with E-state index in [9.17, 15) is 14.7 Å². The predicted octanol–water partition coefficient (Wildman–Crippen LogP) is 1.98. The Hall–Kier alpha value is -2.24. The molecule has 0 spiro atoms. The molecule has 1 heterocycles. The number of amides is 1. The van der Waals surface area contributed by atoms with Gasteiger partial charge in [-0.3, -0.25) is 4.79 Å². The molecule has 1 aromatic rings. The van der Waals surface area contributed by atoms with Gasteiger partial charge in [-0.25, -0.2) is 4.79 Å². The topological polar surface area (TPSA) is 84.9 Å². The first-order valence-electron chi connectivity index (χ1n) is 7.56. The maximum Gasteiger partial charge on any atom is 0.329 e. The highest BCUT2D eigenvalue weighted by atomic mass is 16.5. The zero-order valence-corrected chi connectivity index (χ0v) is 12.3. The summed E-state index contributed by atoms with van der Waals surface area (Å²) in [4.78, 5) is 23.9. The second-order valence-corrected chi connectivity index (χ2v) is 5.76. The molecular weight excluding hydrogens is 286 g/mol. The second kappa shape index (κ2) is 5.87. The molecule has 1 saturated carbocycles. The van der Waals surface area contributed by atoms with E-state index in [0.29, 0.717) is 43.1 Å². The van der Waals surface area contributed by atoms with Crippen LogP contribution in [0.25, 0.3) is 0 Å². The molecule has 2 N–H and O–H groups in total. The molecule has 1 aliphatic carbocycles. The number of aliphatic carboxylic acids is 1. The molecule has 6 nitrogen and oxygen atoms in total. The highest BCUT2D eigenvalue weighted by molar-refractivity contribution is 5.98. The lowest BCUT2D eigenvalue weighted by atomic mass is 9.97. The Morgan fingerprint density at radius 3 is 2.41 bits per heavy atom. The highest BCUT2D eigenvalue weighted by Crippen LogP contribution is 2.32. The van der Waals surface area contributed by atoms with Crippen LogP contribution in [0.5, 0.6) is 11.5 Å². The van der Waals surface area contributed by atoms with Crippen LogP contribution < -0.4 is 14.8 Å². The zero-order chi connectivity index (χ0) is 15.6. The van der Waals surface area contributed by atoms with Crippen molar-refractivity contribution in [2.24, 2.45) is 0 Å². The molecule has 2 aliphatic rings. The summed E-state index contributed by atoms with van der Waals surface area (Å²) in [6.45, 7) is 1.12. The summed E-state index contributed by atoms with van der Waals surface area (Å²) >= 11 is 0. The minimum atomic E-state index is -1.14. The zero-order valence-electron chi connectivity index (χ0n) is 12.3. The van der Waals surface area contributed by atoms with Gasteiger partial charge < -0.3 is 19.9 Å². The molecule has 6 heteroatoms. The maximum atomic E-state index is 12.4. The Bertz CT molecular complexity index is 592. The summed E-state index contributed by atoms with van der Waals surface area (Å²) in [5.41, 5.74) is -0.752. The summed E-state index contributed by atoms with van der Waals surface area (Å²) in [5.74, 6) is -0.212. The summed E-state index contributed by atoms with van der Waals surface area (Å²) < 4.78 is 11.1. The summed E-state index contributed by atoms with van der Waals surface area (Å²) in [5, 5.41) is 12.1. The van der Waals surface area contributed by atoms with Gasteiger partial charge in [0.1, 0.15) is 5.54 Å². The van der Waals surface area contributed by atoms with Crippen LogP contribution in [-0.4, -0.2) is 35.7 Å². The number of benzene rings is 1. The Kier molecular flexibility index (Phi) is 3.92. The number of fused-ring (bicyclic) bond motifs is 1. The van der Waals surface area contributed by atoms with Crippen LogP contribution in [-0.2, 0) is 4.79 Å². The smallest absolute Gasteiger partial charge is 0.329 e. The number of nitrogens with one attached hydrogen (secondary N) is 1. The fourth-order valence-corrected chi connectivity index (χ4v) is 2.96. The van der Waals surface area contributed by atoms with E-state index in [-0.39, 0.29) is 5.91 Å². The van der Waals surface area contributed by atoms with E-state index in [2.05, 4.69) is 5.32 Å². The van der Waals surface area contributed by atoms with Crippen LogP contribution in [0.4, 0.5) is 0 Å². The van der Waals surface area contributed by atoms with Crippen LogP contribution in [0, 0.1) is 0 Å². The van der Waals surface area contributed by atoms with Crippen molar-refractivity contribution in [3.63, 3.8) is 0 Å². The van der Waals surface area contributed by atoms with Gasteiger partial charge in [0.05, 0.1) is 13.2 Å². The van der Waals surface area contributed by atoms with Gasteiger partial charge in [-0.1, -0.05) is 12.8 Å². The largest absolute Gasteiger partial charge is 0.490 e. The molecule has 0 aromatic heterocycles. The van der Waals surface area contributed by atoms with Gasteiger partial charge in [0.25, 0.3) is 5.91 Å². The van der Waals surface area contributed by atoms with Crippen molar-refractivity contribution in [2.45, 2.75) is 37.6 Å². The molecule has 118 valence electrons. The van der Waals surface area contributed by atoms with E-state index in [1.54, 1.807) is 18.2 Å². The van der Waals surface area contributed by atoms with E-state index >= 15 is 0 Å². The van der Waals surface area contributed by atoms with Crippen molar-refractivity contribution in [3.8, 4) is 11.5 Å². The van der Waals surface area contributed by atoms with Gasteiger partial charge in [0.15, 0.2) is 11.5 Å². The van der Waals surface area contributed by atoms with Gasteiger partial charge in [-0.2, -0.15) is 0 Å². The number of ether oxygens (including phenoxy) is 2. The lowest BCUT2D eigenvalue weighted by Gasteiger charge is -2.25. The number of carboxylic acid groups (broad SMARTS) is 1. The van der Waals surface area contributed by atoms with Gasteiger partial charge >= 0.3 is 5.97 Å². The molecule has 1 fully saturated rings. The van der Waals surface area contributed by atoms with Crippen LogP contribution in [0.15, 0.2) is 18.2 Å². The maximum absolute atomic E-state index is 12.4. The fraction of sp³-hybridized carbons (Fsp3) is 0.500. The minimum Gasteiger partial charge on any atom is -0.490 e. The van der Waals surface area contributed by atoms with Gasteiger partial charge in [0, 0.05) is 12.0 Å². The summed E-state index contributed by atoms with van der Waals surface area (Å²) in [7, 11) is 0. The Morgan fingerprint density at radius 2 is 1.73 bits per heavy atom. The molecule has 0 bridgehead atoms. The Labute approximate surface area is 128 Å². The SMILES string of the molecule is O=C(NC1(C(=O)O)CCCC1)c1ccc2c(c1)OCCCO2. The van der Waals surface area contributed by atoms with Crippen molar-refractivity contribution in [1.29, 1.82) is 0 Å². The molecule has 1 amide bonds. The number of carbonyl (C=O) groups is 2. The molecular formula is C16H19NO5. The molecule has 0 saturated heterocycles. The van der Waals surface area contributed by atoms with Crippen molar-refractivity contribution in [1.82, 2.24) is 5.32 Å². The number of hydrogen-bond donors (Lipinski definition) is 2. The van der Waals surface area contributed by atoms with E-state index in [0.717, 1.165) is 19.3 Å². The standard InChI is InChI=1S/C16H19NO5/c18-14(17-16(15(19)20)6-1-2-7-16)11-4-5-12-13(10-11)22-9-3-8-21-12/h4-5,10H,1-3,6-9H2,(H,17,18)(H,19,20). The fourth-order valence-electron chi connectivity index (χ4n) is 2.96. The van der Waals surface area contributed by atoms with Crippen molar-refractivity contribution in [3.05, 3.63) is 23.8 Å². The average Bonchev–Trinajstić information content (AvgIpc) is 2.85. The second-order valence-electron chi connectivity index (χ2n) is 5.76. The molecule has 0 atom stereocenters. The first-order chi connectivity index (χ1) is 10.6. The average molecular weight is 305 g/mol. The van der Waals surface area contributed by atoms with E-state index in [1.807, 2.05) is 0 Å². The van der Waals surface area contributed by atoms with Crippen LogP contribution >= 0.6 is 0 Å². The van der Waals surface area contributed by atoms with Crippen molar-refractivity contribution in [2.75, 3.05) is 13.2 Å². The highest BCUT2D eigenvalue weighted by Gasteiger charge is 2.42. The first-order valence-corrected chi connectivity index (χ1v) is 7.56. The van der Waals surface area contributed by atoms with Crippen molar-refractivity contribution < 1.29 is 24.2 Å². The minimum absolute atomic E-state index is 0.386. The quantitative estimate of drug-likeness (QED) is 0.892. The molecule has 0 radical (unpaired) electrons. The third kappa shape index (κ3) is 2.73. The third-order valence-electron chi connectivity index (χ3n) is 4.23. The van der Waals surface area contributed by atoms with Crippen molar-refractivity contribution >= 4 is 11.9 Å². The monoisotopic (exact) mass is 305 g/mol. The normalized spacial score (nSPS) is 19.3. The molecule has 1 aliphatic heterocycles. The number of rotatable bonds is 3.